The van der Waals surface area contributed by atoms with E-state index in [1.54, 1.807) is 0 Å². The van der Waals surface area contributed by atoms with Gasteiger partial charge in [0.1, 0.15) is 0 Å². The van der Waals surface area contributed by atoms with E-state index in [9.17, 15) is 4.57 Å². The van der Waals surface area contributed by atoms with Crippen LogP contribution in [0.15, 0.2) is 63.5 Å². The first-order chi connectivity index (χ1) is 13.1. The first-order valence-corrected chi connectivity index (χ1v) is 10.7. The van der Waals surface area contributed by atoms with Crippen LogP contribution in [0.25, 0.3) is 11.5 Å². The van der Waals surface area contributed by atoms with Gasteiger partial charge in [0.25, 0.3) is 0 Å². The van der Waals surface area contributed by atoms with E-state index in [0.717, 1.165) is 16.5 Å². The molecule has 1 aromatic heterocycles. The molecule has 0 saturated carbocycles. The number of hydrogen-bond acceptors (Lipinski definition) is 6. The van der Waals surface area contributed by atoms with Crippen LogP contribution in [0, 0.1) is 0 Å². The van der Waals surface area contributed by atoms with E-state index in [-0.39, 0.29) is 11.3 Å². The molecule has 1 heterocycles. The van der Waals surface area contributed by atoms with Crippen molar-refractivity contribution >= 4 is 34.8 Å². The van der Waals surface area contributed by atoms with Crippen LogP contribution in [-0.4, -0.2) is 25.7 Å². The molecule has 3 aromatic rings. The van der Waals surface area contributed by atoms with E-state index >= 15 is 0 Å². The average Bonchev–Trinajstić information content (AvgIpc) is 3.13. The number of anilines is 1. The van der Waals surface area contributed by atoms with Crippen molar-refractivity contribution in [2.75, 3.05) is 26.1 Å². The van der Waals surface area contributed by atoms with Crippen molar-refractivity contribution in [3.8, 4) is 11.5 Å². The zero-order valence-corrected chi connectivity index (χ0v) is 17.5. The Labute approximate surface area is 166 Å². The van der Waals surface area contributed by atoms with Gasteiger partial charge in [-0.3, -0.25) is 4.57 Å². The van der Waals surface area contributed by atoms with E-state index < -0.39 is 7.60 Å². The van der Waals surface area contributed by atoms with Crippen molar-refractivity contribution in [3.05, 3.63) is 64.6 Å². The zero-order chi connectivity index (χ0) is 19.3. The van der Waals surface area contributed by atoms with E-state index in [1.807, 2.05) is 54.6 Å². The molecule has 0 spiro atoms. The highest BCUT2D eigenvalue weighted by Gasteiger charge is 2.34. The molecule has 0 aliphatic rings. The number of hydrogen-bond donors (Lipinski definition) is 1. The van der Waals surface area contributed by atoms with Crippen LogP contribution in [0.4, 0.5) is 5.88 Å². The zero-order valence-electron chi connectivity index (χ0n) is 15.0. The smallest absolute Gasteiger partial charge is 0.384 e. The fourth-order valence-electron chi connectivity index (χ4n) is 2.54. The summed E-state index contributed by atoms with van der Waals surface area (Å²) in [4.78, 5) is 4.39. The molecule has 2 aromatic carbocycles. The van der Waals surface area contributed by atoms with Gasteiger partial charge in [0.15, 0.2) is 0 Å². The topological polar surface area (TPSA) is 73.6 Å². The maximum absolute atomic E-state index is 12.9. The van der Waals surface area contributed by atoms with Gasteiger partial charge in [0.2, 0.25) is 17.2 Å². The molecule has 0 amide bonds. The van der Waals surface area contributed by atoms with Gasteiger partial charge in [0, 0.05) is 30.8 Å². The molecule has 0 aliphatic carbocycles. The Bertz CT molecular complexity index is 921. The summed E-state index contributed by atoms with van der Waals surface area (Å²) < 4.78 is 29.9. The normalized spacial score (nSPS) is 11.5. The largest absolute Gasteiger partial charge is 0.420 e. The summed E-state index contributed by atoms with van der Waals surface area (Å²) >= 11 is 3.40. The lowest BCUT2D eigenvalue weighted by Crippen LogP contribution is -2.16. The van der Waals surface area contributed by atoms with Gasteiger partial charge < -0.3 is 18.8 Å². The standard InChI is InChI=1S/C19H20BrN2O4P/c1-24-27(23,25-2)19-18(21-13-12-14-6-4-3-5-7-14)26-17(22-19)15-8-10-16(20)11-9-15/h3-11,21H,12-13H2,1-2H3. The van der Waals surface area contributed by atoms with Crippen molar-refractivity contribution < 1.29 is 18.0 Å². The summed E-state index contributed by atoms with van der Waals surface area (Å²) in [6, 6.07) is 17.5. The highest BCUT2D eigenvalue weighted by molar-refractivity contribution is 9.10. The van der Waals surface area contributed by atoms with Gasteiger partial charge >= 0.3 is 7.60 Å². The molecule has 0 fully saturated rings. The number of benzene rings is 2. The third kappa shape index (κ3) is 4.68. The average molecular weight is 451 g/mol. The molecule has 8 heteroatoms. The summed E-state index contributed by atoms with van der Waals surface area (Å²) in [7, 11) is -0.918. The van der Waals surface area contributed by atoms with Crippen LogP contribution in [-0.2, 0) is 20.0 Å². The van der Waals surface area contributed by atoms with Crippen LogP contribution in [0.5, 0.6) is 0 Å². The number of nitrogens with zero attached hydrogens (tertiary/aromatic N) is 1. The SMILES string of the molecule is COP(=O)(OC)c1nc(-c2ccc(Br)cc2)oc1NCCc1ccccc1. The second-order valence-corrected chi connectivity index (χ2v) is 8.77. The van der Waals surface area contributed by atoms with Crippen molar-refractivity contribution in [1.29, 1.82) is 0 Å². The van der Waals surface area contributed by atoms with Crippen LogP contribution >= 0.6 is 23.5 Å². The number of halogens is 1. The van der Waals surface area contributed by atoms with Gasteiger partial charge in [-0.15, -0.1) is 0 Å². The quantitative estimate of drug-likeness (QED) is 0.493. The van der Waals surface area contributed by atoms with E-state index in [2.05, 4.69) is 26.2 Å². The minimum absolute atomic E-state index is 0.137. The Morgan fingerprint density at radius 1 is 1.07 bits per heavy atom. The van der Waals surface area contributed by atoms with E-state index in [1.165, 1.54) is 19.8 Å². The minimum Gasteiger partial charge on any atom is -0.420 e. The molecule has 6 nitrogen and oxygen atoms in total. The fourth-order valence-corrected chi connectivity index (χ4v) is 3.89. The third-order valence-electron chi connectivity index (χ3n) is 3.98. The number of aromatic nitrogens is 1. The van der Waals surface area contributed by atoms with Crippen molar-refractivity contribution in [2.24, 2.45) is 0 Å². The molecule has 0 unspecified atom stereocenters. The Morgan fingerprint density at radius 2 is 1.74 bits per heavy atom. The highest BCUT2D eigenvalue weighted by atomic mass is 79.9. The van der Waals surface area contributed by atoms with Gasteiger partial charge in [0.05, 0.1) is 0 Å². The lowest BCUT2D eigenvalue weighted by molar-refractivity contribution is 0.286. The summed E-state index contributed by atoms with van der Waals surface area (Å²) in [5, 5.41) is 3.17. The highest BCUT2D eigenvalue weighted by Crippen LogP contribution is 2.47. The fraction of sp³-hybridized carbons (Fsp3) is 0.211. The molecule has 0 saturated heterocycles. The summed E-state index contributed by atoms with van der Waals surface area (Å²) in [5.41, 5.74) is 2.08. The molecule has 3 rings (SSSR count). The summed E-state index contributed by atoms with van der Waals surface area (Å²) in [6.45, 7) is 0.583. The second kappa shape index (κ2) is 8.85. The van der Waals surface area contributed by atoms with Gasteiger partial charge in [-0.1, -0.05) is 46.3 Å². The Balaban J connectivity index is 1.88. The first kappa shape index (κ1) is 19.8. The molecule has 0 aliphatic heterocycles. The van der Waals surface area contributed by atoms with Crippen LogP contribution < -0.4 is 10.8 Å². The summed E-state index contributed by atoms with van der Waals surface area (Å²) in [6.07, 6.45) is 0.777. The predicted molar refractivity (Wildman–Crippen MR) is 110 cm³/mol. The molecule has 142 valence electrons. The monoisotopic (exact) mass is 450 g/mol. The van der Waals surface area contributed by atoms with E-state index in [0.29, 0.717) is 12.4 Å². The molecular weight excluding hydrogens is 431 g/mol. The number of nitrogens with one attached hydrogen (secondary N) is 1. The molecule has 1 N–H and O–H groups in total. The van der Waals surface area contributed by atoms with Crippen LogP contribution in [0.2, 0.25) is 0 Å². The molecule has 0 atom stereocenters. The first-order valence-electron chi connectivity index (χ1n) is 8.32. The maximum atomic E-state index is 12.9. The lowest BCUT2D eigenvalue weighted by Gasteiger charge is -2.12. The molecule has 27 heavy (non-hydrogen) atoms. The second-order valence-electron chi connectivity index (χ2n) is 5.70. The lowest BCUT2D eigenvalue weighted by atomic mass is 10.1. The van der Waals surface area contributed by atoms with Gasteiger partial charge in [-0.05, 0) is 36.2 Å². The van der Waals surface area contributed by atoms with Crippen molar-refractivity contribution in [1.82, 2.24) is 4.98 Å². The summed E-state index contributed by atoms with van der Waals surface area (Å²) in [5.74, 6) is 0.630. The minimum atomic E-state index is -3.57. The van der Waals surface area contributed by atoms with Gasteiger partial charge in [-0.2, -0.15) is 4.98 Å². The predicted octanol–water partition coefficient (Wildman–Crippen LogP) is 4.87. The molecular formula is C19H20BrN2O4P. The van der Waals surface area contributed by atoms with Crippen LogP contribution in [0.1, 0.15) is 5.56 Å². The molecule has 0 bridgehead atoms. The Morgan fingerprint density at radius 3 is 2.37 bits per heavy atom. The Kier molecular flexibility index (Phi) is 6.50. The van der Waals surface area contributed by atoms with Crippen LogP contribution in [0.3, 0.4) is 0 Å². The number of rotatable bonds is 8. The number of oxazole rings is 1. The van der Waals surface area contributed by atoms with E-state index in [4.69, 9.17) is 13.5 Å². The van der Waals surface area contributed by atoms with Gasteiger partial charge in [-0.25, -0.2) is 0 Å². The maximum Gasteiger partial charge on any atom is 0.384 e. The van der Waals surface area contributed by atoms with Crippen molar-refractivity contribution in [2.45, 2.75) is 6.42 Å². The third-order valence-corrected chi connectivity index (χ3v) is 6.29. The molecule has 0 radical (unpaired) electrons. The van der Waals surface area contributed by atoms with Crippen molar-refractivity contribution in [3.63, 3.8) is 0 Å². The Hall–Kier alpha value is -1.92.